The molecule has 260 valence electrons. The van der Waals surface area contributed by atoms with E-state index in [1.165, 1.54) is 31.3 Å². The van der Waals surface area contributed by atoms with Crippen LogP contribution in [0.5, 0.6) is 0 Å². The van der Waals surface area contributed by atoms with Gasteiger partial charge in [-0.15, -0.1) is 0 Å². The van der Waals surface area contributed by atoms with E-state index < -0.39 is 12.6 Å². The van der Waals surface area contributed by atoms with Gasteiger partial charge >= 0.3 is 11.9 Å². The first-order valence-corrected chi connectivity index (χ1v) is 17.6. The van der Waals surface area contributed by atoms with E-state index >= 15 is 0 Å². The summed E-state index contributed by atoms with van der Waals surface area (Å²) in [6.45, 7) is 10.1. The molecule has 10 heteroatoms. The van der Waals surface area contributed by atoms with Crippen LogP contribution in [-0.4, -0.2) is 89.6 Å². The molecule has 0 aromatic carbocycles. The quantitative estimate of drug-likeness (QED) is 0.0318. The van der Waals surface area contributed by atoms with Crippen LogP contribution in [0.25, 0.3) is 0 Å². The molecular formula is C35H60O10. The number of rotatable bonds is 28. The van der Waals surface area contributed by atoms with Gasteiger partial charge < -0.3 is 37.9 Å². The molecule has 2 saturated heterocycles. The number of epoxide rings is 2. The van der Waals surface area contributed by atoms with Crippen LogP contribution in [0.1, 0.15) is 111 Å². The van der Waals surface area contributed by atoms with E-state index in [4.69, 9.17) is 37.9 Å². The second-order valence-corrected chi connectivity index (χ2v) is 12.6. The molecule has 0 N–H and O–H groups in total. The molecule has 3 rings (SSSR count). The summed E-state index contributed by atoms with van der Waals surface area (Å²) in [4.78, 5) is 25.4. The van der Waals surface area contributed by atoms with Gasteiger partial charge in [-0.05, 0) is 58.3 Å². The normalized spacial score (nSPS) is 23.7. The third kappa shape index (κ3) is 18.4. The maximum atomic E-state index is 13.3. The van der Waals surface area contributed by atoms with Crippen LogP contribution in [0.3, 0.4) is 0 Å². The lowest BCUT2D eigenvalue weighted by Gasteiger charge is -2.31. The fourth-order valence-corrected chi connectivity index (χ4v) is 5.67. The minimum Gasteiger partial charge on any atom is -0.436 e. The van der Waals surface area contributed by atoms with Gasteiger partial charge in [0.25, 0.3) is 0 Å². The Balaban J connectivity index is 1.28. The molecule has 2 aliphatic heterocycles. The van der Waals surface area contributed by atoms with E-state index in [9.17, 15) is 9.59 Å². The van der Waals surface area contributed by atoms with Crippen LogP contribution in [0, 0.1) is 11.8 Å². The highest BCUT2D eigenvalue weighted by Crippen LogP contribution is 2.36. The van der Waals surface area contributed by atoms with Crippen molar-refractivity contribution < 1.29 is 47.5 Å². The van der Waals surface area contributed by atoms with Crippen LogP contribution in [0.4, 0.5) is 0 Å². The second kappa shape index (κ2) is 22.9. The first-order chi connectivity index (χ1) is 21.9. The van der Waals surface area contributed by atoms with Gasteiger partial charge in [0.15, 0.2) is 12.6 Å². The lowest BCUT2D eigenvalue weighted by molar-refractivity contribution is -0.184. The third-order valence-electron chi connectivity index (χ3n) is 8.52. The molecule has 0 aromatic rings. The fraction of sp³-hybridized carbons (Fsp3) is 0.886. The Labute approximate surface area is 271 Å². The Morgan fingerprint density at radius 1 is 0.800 bits per heavy atom. The first kappa shape index (κ1) is 37.9. The summed E-state index contributed by atoms with van der Waals surface area (Å²) in [5.74, 6) is -0.205. The molecule has 0 bridgehead atoms. The van der Waals surface area contributed by atoms with Crippen molar-refractivity contribution in [2.24, 2.45) is 11.8 Å². The van der Waals surface area contributed by atoms with Gasteiger partial charge in [-0.2, -0.15) is 0 Å². The smallest absolute Gasteiger partial charge is 0.311 e. The largest absolute Gasteiger partial charge is 0.436 e. The molecule has 2 fully saturated rings. The zero-order valence-electron chi connectivity index (χ0n) is 28.2. The molecular weight excluding hydrogens is 580 g/mol. The van der Waals surface area contributed by atoms with Crippen molar-refractivity contribution in [3.8, 4) is 0 Å². The zero-order chi connectivity index (χ0) is 32.1. The number of unbranched alkanes of at least 4 members (excludes halogenated alkanes) is 7. The zero-order valence-corrected chi connectivity index (χ0v) is 28.2. The van der Waals surface area contributed by atoms with Crippen molar-refractivity contribution in [1.82, 2.24) is 0 Å². The van der Waals surface area contributed by atoms with Crippen molar-refractivity contribution in [2.45, 2.75) is 135 Å². The monoisotopic (exact) mass is 640 g/mol. The summed E-state index contributed by atoms with van der Waals surface area (Å²) in [6, 6.07) is 0. The third-order valence-corrected chi connectivity index (χ3v) is 8.52. The number of carbonyl (C=O) groups is 2. The van der Waals surface area contributed by atoms with Crippen LogP contribution >= 0.6 is 0 Å². The molecule has 1 aliphatic carbocycles. The van der Waals surface area contributed by atoms with Crippen LogP contribution in [0.2, 0.25) is 0 Å². The lowest BCUT2D eigenvalue weighted by Crippen LogP contribution is -2.32. The second-order valence-electron chi connectivity index (χ2n) is 12.6. The number of ether oxygens (including phenoxy) is 8. The summed E-state index contributed by atoms with van der Waals surface area (Å²) in [6.07, 6.45) is 15.8. The van der Waals surface area contributed by atoms with Gasteiger partial charge in [-0.1, -0.05) is 63.5 Å². The van der Waals surface area contributed by atoms with Crippen molar-refractivity contribution in [3.63, 3.8) is 0 Å². The average Bonchev–Trinajstić information content (AvgIpc) is 3.95. The molecule has 0 spiro atoms. The Morgan fingerprint density at radius 3 is 2.04 bits per heavy atom. The highest BCUT2D eigenvalue weighted by Gasteiger charge is 2.33. The van der Waals surface area contributed by atoms with Gasteiger partial charge in [-0.3, -0.25) is 9.59 Å². The minimum atomic E-state index is -0.597. The molecule has 0 aromatic heterocycles. The molecule has 0 saturated carbocycles. The Kier molecular flexibility index (Phi) is 19.3. The summed E-state index contributed by atoms with van der Waals surface area (Å²) >= 11 is 0. The standard InChI is InChI=1S/C35H60O10/c1-4-5-6-10-13-29-16-17-30(33(22-29)35(37)45-28(3)41-21-19-39-24-32-26-43-32)14-11-8-7-9-12-15-34(36)44-27(2)40-20-18-38-23-31-25-42-31/h16,27-28,30-33H,4-15,17-26H2,1-3H3. The molecule has 3 aliphatic rings. The number of hydrogen-bond acceptors (Lipinski definition) is 10. The molecule has 6 atom stereocenters. The number of hydrogen-bond donors (Lipinski definition) is 0. The fourth-order valence-electron chi connectivity index (χ4n) is 5.67. The summed E-state index contributed by atoms with van der Waals surface area (Å²) in [5, 5.41) is 0. The molecule has 0 amide bonds. The maximum Gasteiger partial charge on any atom is 0.311 e. The topological polar surface area (TPSA) is 115 Å². The molecule has 0 radical (unpaired) electrons. The van der Waals surface area contributed by atoms with Gasteiger partial charge in [0, 0.05) is 6.42 Å². The van der Waals surface area contributed by atoms with E-state index in [0.717, 1.165) is 71.0 Å². The van der Waals surface area contributed by atoms with Gasteiger partial charge in [0.05, 0.1) is 58.8 Å². The van der Waals surface area contributed by atoms with Crippen LogP contribution in [-0.2, 0) is 47.5 Å². The van der Waals surface area contributed by atoms with Crippen molar-refractivity contribution in [1.29, 1.82) is 0 Å². The Morgan fingerprint density at radius 2 is 1.40 bits per heavy atom. The lowest BCUT2D eigenvalue weighted by atomic mass is 9.76. The first-order valence-electron chi connectivity index (χ1n) is 17.6. The van der Waals surface area contributed by atoms with Gasteiger partial charge in [0.2, 0.25) is 0 Å². The predicted octanol–water partition coefficient (Wildman–Crippen LogP) is 6.28. The molecule has 10 nitrogen and oxygen atoms in total. The van der Waals surface area contributed by atoms with E-state index in [2.05, 4.69) is 13.0 Å². The summed E-state index contributed by atoms with van der Waals surface area (Å²) < 4.78 is 43.5. The number of esters is 2. The van der Waals surface area contributed by atoms with Crippen molar-refractivity contribution in [3.05, 3.63) is 11.6 Å². The summed E-state index contributed by atoms with van der Waals surface area (Å²) in [5.41, 5.74) is 1.40. The highest BCUT2D eigenvalue weighted by atomic mass is 16.7. The van der Waals surface area contributed by atoms with Crippen LogP contribution < -0.4 is 0 Å². The SMILES string of the molecule is CCCCCCC1=CCC(CCCCCCCC(=O)OC(C)OCCOCC2CO2)C(C(=O)OC(C)OCCOCC2CO2)C1. The van der Waals surface area contributed by atoms with E-state index in [0.29, 0.717) is 46.1 Å². The van der Waals surface area contributed by atoms with Crippen molar-refractivity contribution in [2.75, 3.05) is 52.9 Å². The highest BCUT2D eigenvalue weighted by molar-refractivity contribution is 5.73. The van der Waals surface area contributed by atoms with Gasteiger partial charge in [-0.25, -0.2) is 0 Å². The Hall–Kier alpha value is -1.56. The van der Waals surface area contributed by atoms with E-state index in [1.54, 1.807) is 13.8 Å². The molecule has 2 heterocycles. The van der Waals surface area contributed by atoms with Gasteiger partial charge in [0.1, 0.15) is 12.2 Å². The van der Waals surface area contributed by atoms with Crippen LogP contribution in [0.15, 0.2) is 11.6 Å². The Bertz CT molecular complexity index is 840. The molecule has 6 unspecified atom stereocenters. The predicted molar refractivity (Wildman–Crippen MR) is 170 cm³/mol. The van der Waals surface area contributed by atoms with E-state index in [-0.39, 0.29) is 36.0 Å². The maximum absolute atomic E-state index is 13.3. The van der Waals surface area contributed by atoms with E-state index in [1.807, 2.05) is 0 Å². The van der Waals surface area contributed by atoms with Crippen molar-refractivity contribution >= 4 is 11.9 Å². The molecule has 45 heavy (non-hydrogen) atoms. The minimum absolute atomic E-state index is 0.122. The number of carbonyl (C=O) groups excluding carboxylic acids is 2. The number of allylic oxidation sites excluding steroid dienone is 2. The summed E-state index contributed by atoms with van der Waals surface area (Å²) in [7, 11) is 0. The average molecular weight is 641 g/mol.